The molecule has 3 aromatic rings. The molecule has 5 nitrogen and oxygen atoms in total. The lowest BCUT2D eigenvalue weighted by atomic mass is 9.79. The fourth-order valence-electron chi connectivity index (χ4n) is 6.45. The summed E-state index contributed by atoms with van der Waals surface area (Å²) in [6, 6.07) is 19.7. The number of imidazole rings is 1. The van der Waals surface area contributed by atoms with Gasteiger partial charge in [-0.15, -0.1) is 0 Å². The second-order valence-electron chi connectivity index (χ2n) is 9.97. The highest BCUT2D eigenvalue weighted by atomic mass is 16.1. The number of benzene rings is 2. The van der Waals surface area contributed by atoms with Crippen LogP contribution in [0.15, 0.2) is 59.4 Å². The molecule has 0 radical (unpaired) electrons. The highest BCUT2D eigenvalue weighted by molar-refractivity contribution is 5.76. The summed E-state index contributed by atoms with van der Waals surface area (Å²) in [6.07, 6.45) is 10.7. The average molecular weight is 447 g/mol. The van der Waals surface area contributed by atoms with Crippen LogP contribution in [0.2, 0.25) is 0 Å². The Morgan fingerprint density at radius 1 is 0.848 bits per heavy atom. The molecule has 1 saturated carbocycles. The number of piperidine rings is 1. The molecule has 5 rings (SSSR count). The number of hydrogen-bond donors (Lipinski definition) is 1. The van der Waals surface area contributed by atoms with Crippen molar-refractivity contribution in [2.45, 2.75) is 75.9 Å². The Balaban J connectivity index is 1.42. The number of rotatable bonds is 6. The third-order valence-electron chi connectivity index (χ3n) is 8.13. The molecule has 2 N–H and O–H groups in total. The molecule has 33 heavy (non-hydrogen) atoms. The zero-order chi connectivity index (χ0) is 22.7. The molecule has 0 amide bonds. The topological polar surface area (TPSA) is 56.2 Å². The van der Waals surface area contributed by atoms with Crippen molar-refractivity contribution in [1.29, 1.82) is 0 Å². The molecule has 2 heterocycles. The van der Waals surface area contributed by atoms with E-state index in [2.05, 4.69) is 58.0 Å². The van der Waals surface area contributed by atoms with Crippen LogP contribution in [0.5, 0.6) is 0 Å². The number of para-hydroxylation sites is 2. The fourth-order valence-corrected chi connectivity index (χ4v) is 6.45. The first-order valence-corrected chi connectivity index (χ1v) is 12.9. The minimum atomic E-state index is 0.135. The first-order chi connectivity index (χ1) is 16.2. The van der Waals surface area contributed by atoms with Crippen molar-refractivity contribution in [3.8, 4) is 0 Å². The summed E-state index contributed by atoms with van der Waals surface area (Å²) in [4.78, 5) is 16.2. The van der Waals surface area contributed by atoms with E-state index in [0.29, 0.717) is 13.1 Å². The van der Waals surface area contributed by atoms with Gasteiger partial charge in [0.15, 0.2) is 0 Å². The summed E-state index contributed by atoms with van der Waals surface area (Å²) in [5, 5.41) is 0. The number of aryl methyl sites for hydroxylation is 1. The molecule has 1 aromatic heterocycles. The lowest BCUT2D eigenvalue weighted by Crippen LogP contribution is -2.50. The molecule has 0 spiro atoms. The summed E-state index contributed by atoms with van der Waals surface area (Å²) in [6.45, 7) is 3.40. The molecule has 5 heteroatoms. The smallest absolute Gasteiger partial charge is 0.329 e. The maximum absolute atomic E-state index is 13.5. The van der Waals surface area contributed by atoms with Crippen LogP contribution in [0.3, 0.4) is 0 Å². The largest absolute Gasteiger partial charge is 0.330 e. The number of nitrogens with two attached hydrogens (primary N) is 1. The summed E-state index contributed by atoms with van der Waals surface area (Å²) in [5.41, 5.74) is 9.65. The van der Waals surface area contributed by atoms with Gasteiger partial charge < -0.3 is 5.73 Å². The first kappa shape index (κ1) is 22.4. The molecule has 2 aliphatic rings. The highest BCUT2D eigenvalue weighted by Crippen LogP contribution is 2.43. The van der Waals surface area contributed by atoms with Crippen molar-refractivity contribution in [2.24, 2.45) is 5.73 Å². The Bertz CT molecular complexity index is 1100. The van der Waals surface area contributed by atoms with Gasteiger partial charge in [-0.25, -0.2) is 4.79 Å². The Morgan fingerprint density at radius 2 is 1.48 bits per heavy atom. The van der Waals surface area contributed by atoms with Crippen LogP contribution in [-0.2, 0) is 12.1 Å². The van der Waals surface area contributed by atoms with E-state index in [-0.39, 0.29) is 17.3 Å². The third kappa shape index (κ3) is 4.17. The lowest BCUT2D eigenvalue weighted by Gasteiger charge is -2.47. The predicted octanol–water partition coefficient (Wildman–Crippen LogP) is 5.04. The Morgan fingerprint density at radius 3 is 2.15 bits per heavy atom. The fraction of sp³-hybridized carbons (Fsp3) is 0.536. The molecule has 0 atom stereocenters. The van der Waals surface area contributed by atoms with Crippen LogP contribution in [0.25, 0.3) is 11.0 Å². The van der Waals surface area contributed by atoms with Crippen molar-refractivity contribution in [3.63, 3.8) is 0 Å². The Kier molecular flexibility index (Phi) is 6.70. The van der Waals surface area contributed by atoms with E-state index in [0.717, 1.165) is 43.4 Å². The van der Waals surface area contributed by atoms with E-state index in [1.807, 2.05) is 10.6 Å². The first-order valence-electron chi connectivity index (χ1n) is 12.9. The quantitative estimate of drug-likeness (QED) is 0.540. The second-order valence-corrected chi connectivity index (χ2v) is 9.97. The monoisotopic (exact) mass is 446 g/mol. The molecule has 2 fully saturated rings. The summed E-state index contributed by atoms with van der Waals surface area (Å²) >= 11 is 0. The molecular weight excluding hydrogens is 408 g/mol. The van der Waals surface area contributed by atoms with Gasteiger partial charge in [0.2, 0.25) is 0 Å². The zero-order valence-electron chi connectivity index (χ0n) is 19.8. The van der Waals surface area contributed by atoms with E-state index in [9.17, 15) is 4.79 Å². The van der Waals surface area contributed by atoms with Crippen LogP contribution in [0.1, 0.15) is 69.4 Å². The van der Waals surface area contributed by atoms with Crippen LogP contribution in [0.4, 0.5) is 0 Å². The van der Waals surface area contributed by atoms with Crippen molar-refractivity contribution in [2.75, 3.05) is 19.6 Å². The normalized spacial score (nSPS) is 20.2. The average Bonchev–Trinajstić information content (AvgIpc) is 3.00. The predicted molar refractivity (Wildman–Crippen MR) is 136 cm³/mol. The molecule has 1 aliphatic heterocycles. The van der Waals surface area contributed by atoms with Gasteiger partial charge in [-0.1, -0.05) is 68.1 Å². The molecular formula is C28H38N4O. The van der Waals surface area contributed by atoms with Crippen LogP contribution in [-0.4, -0.2) is 33.7 Å². The van der Waals surface area contributed by atoms with Crippen molar-refractivity contribution < 1.29 is 0 Å². The maximum atomic E-state index is 13.5. The van der Waals surface area contributed by atoms with E-state index in [1.165, 1.54) is 44.1 Å². The standard InChI is InChI=1S/C28H38N4O/c29-19-10-20-31-25-13-6-7-14-26(25)32(27(31)33)24-15-21-30(22-16-24)28(17-8-1-2-9-18-28)23-11-4-3-5-12-23/h3-7,11-14,24H,1-2,8-10,15-22,29H2. The minimum Gasteiger partial charge on any atom is -0.330 e. The molecule has 1 saturated heterocycles. The SMILES string of the molecule is NCCCn1c(=O)n(C2CCN(C3(c4ccccc4)CCCCCC3)CC2)c2ccccc21. The van der Waals surface area contributed by atoms with Crippen LogP contribution >= 0.6 is 0 Å². The summed E-state index contributed by atoms with van der Waals surface area (Å²) in [5.74, 6) is 0. The number of fused-ring (bicyclic) bond motifs is 1. The van der Waals surface area contributed by atoms with Crippen molar-refractivity contribution >= 4 is 11.0 Å². The maximum Gasteiger partial charge on any atom is 0.329 e. The molecule has 0 bridgehead atoms. The Hall–Kier alpha value is -2.37. The van der Waals surface area contributed by atoms with E-state index >= 15 is 0 Å². The number of hydrogen-bond acceptors (Lipinski definition) is 3. The van der Waals surface area contributed by atoms with E-state index < -0.39 is 0 Å². The minimum absolute atomic E-state index is 0.135. The second kappa shape index (κ2) is 9.86. The van der Waals surface area contributed by atoms with Gasteiger partial charge in [0.05, 0.1) is 11.0 Å². The van der Waals surface area contributed by atoms with Gasteiger partial charge in [0, 0.05) is 31.2 Å². The summed E-state index contributed by atoms with van der Waals surface area (Å²) < 4.78 is 4.02. The lowest BCUT2D eigenvalue weighted by molar-refractivity contribution is 0.0354. The van der Waals surface area contributed by atoms with Gasteiger partial charge in [-0.05, 0) is 56.3 Å². The van der Waals surface area contributed by atoms with E-state index in [1.54, 1.807) is 0 Å². The van der Waals surface area contributed by atoms with E-state index in [4.69, 9.17) is 5.73 Å². The van der Waals surface area contributed by atoms with Gasteiger partial charge in [0.1, 0.15) is 0 Å². The summed E-state index contributed by atoms with van der Waals surface area (Å²) in [7, 11) is 0. The zero-order valence-corrected chi connectivity index (χ0v) is 19.8. The van der Waals surface area contributed by atoms with Gasteiger partial charge in [-0.3, -0.25) is 14.0 Å². The molecule has 0 unspecified atom stereocenters. The Labute approximate surface area is 197 Å². The molecule has 1 aliphatic carbocycles. The van der Waals surface area contributed by atoms with Crippen LogP contribution < -0.4 is 11.4 Å². The molecule has 176 valence electrons. The number of aromatic nitrogens is 2. The number of nitrogens with zero attached hydrogens (tertiary/aromatic N) is 3. The van der Waals surface area contributed by atoms with Crippen molar-refractivity contribution in [3.05, 3.63) is 70.6 Å². The van der Waals surface area contributed by atoms with Crippen LogP contribution in [0, 0.1) is 0 Å². The van der Waals surface area contributed by atoms with Crippen molar-refractivity contribution in [1.82, 2.24) is 14.0 Å². The van der Waals surface area contributed by atoms with Gasteiger partial charge in [0.25, 0.3) is 0 Å². The third-order valence-corrected chi connectivity index (χ3v) is 8.13. The van der Waals surface area contributed by atoms with Gasteiger partial charge in [-0.2, -0.15) is 0 Å². The highest BCUT2D eigenvalue weighted by Gasteiger charge is 2.40. The molecule has 2 aromatic carbocycles. The van der Waals surface area contributed by atoms with Gasteiger partial charge >= 0.3 is 5.69 Å². The number of likely N-dealkylation sites (tertiary alicyclic amines) is 1.